The van der Waals surface area contributed by atoms with Crippen molar-refractivity contribution in [1.29, 1.82) is 0 Å². The van der Waals surface area contributed by atoms with Crippen molar-refractivity contribution in [3.8, 4) is 12.3 Å². The fourth-order valence-electron chi connectivity index (χ4n) is 1.23. The van der Waals surface area contributed by atoms with Crippen molar-refractivity contribution in [1.82, 2.24) is 15.1 Å². The average molecular weight is 239 g/mol. The van der Waals surface area contributed by atoms with E-state index in [9.17, 15) is 5.11 Å². The van der Waals surface area contributed by atoms with Gasteiger partial charge in [0.15, 0.2) is 0 Å². The van der Waals surface area contributed by atoms with E-state index in [1.54, 1.807) is 22.6 Å². The summed E-state index contributed by atoms with van der Waals surface area (Å²) in [6.07, 6.45) is 8.27. The van der Waals surface area contributed by atoms with Gasteiger partial charge in [0.25, 0.3) is 0 Å². The van der Waals surface area contributed by atoms with Gasteiger partial charge in [-0.3, -0.25) is 4.68 Å². The Morgan fingerprint density at radius 3 is 3.19 bits per heavy atom. The van der Waals surface area contributed by atoms with Crippen molar-refractivity contribution >= 4 is 11.8 Å². The van der Waals surface area contributed by atoms with E-state index in [4.69, 9.17) is 6.42 Å². The molecule has 0 aliphatic rings. The normalized spacial score (nSPS) is 12.2. The molecule has 1 rings (SSSR count). The molecule has 0 saturated carbocycles. The van der Waals surface area contributed by atoms with Gasteiger partial charge in [-0.15, -0.1) is 18.2 Å². The van der Waals surface area contributed by atoms with Crippen molar-refractivity contribution in [2.45, 2.75) is 12.6 Å². The molecule has 0 amide bonds. The SMILES string of the molecule is C#CCSCCNCC(O)Cn1cccn1. The van der Waals surface area contributed by atoms with Crippen LogP contribution >= 0.6 is 11.8 Å². The fourth-order valence-corrected chi connectivity index (χ4v) is 1.78. The highest BCUT2D eigenvalue weighted by Crippen LogP contribution is 1.95. The van der Waals surface area contributed by atoms with Crippen molar-refractivity contribution in [3.63, 3.8) is 0 Å². The first kappa shape index (κ1) is 13.1. The lowest BCUT2D eigenvalue weighted by atomic mass is 10.3. The van der Waals surface area contributed by atoms with Crippen LogP contribution in [0.1, 0.15) is 0 Å². The largest absolute Gasteiger partial charge is 0.390 e. The Kier molecular flexibility index (Phi) is 6.74. The number of hydrogen-bond donors (Lipinski definition) is 2. The standard InChI is InChI=1S/C11H17N3OS/c1-2-7-16-8-5-12-9-11(15)10-14-6-3-4-13-14/h1,3-4,6,11-12,15H,5,7-10H2. The van der Waals surface area contributed by atoms with Gasteiger partial charge < -0.3 is 10.4 Å². The van der Waals surface area contributed by atoms with Crippen LogP contribution < -0.4 is 5.32 Å². The lowest BCUT2D eigenvalue weighted by Gasteiger charge is -2.11. The van der Waals surface area contributed by atoms with Crippen molar-refractivity contribution in [2.24, 2.45) is 0 Å². The van der Waals surface area contributed by atoms with E-state index in [2.05, 4.69) is 16.3 Å². The van der Waals surface area contributed by atoms with Gasteiger partial charge in [-0.1, -0.05) is 5.92 Å². The molecule has 1 unspecified atom stereocenters. The van der Waals surface area contributed by atoms with E-state index in [1.807, 2.05) is 12.3 Å². The first-order valence-corrected chi connectivity index (χ1v) is 6.36. The topological polar surface area (TPSA) is 50.1 Å². The molecule has 0 aliphatic carbocycles. The third kappa shape index (κ3) is 5.81. The minimum atomic E-state index is -0.405. The van der Waals surface area contributed by atoms with E-state index in [0.717, 1.165) is 18.1 Å². The maximum atomic E-state index is 9.66. The Hall–Kier alpha value is -0.960. The summed E-state index contributed by atoms with van der Waals surface area (Å²) in [5, 5.41) is 16.9. The maximum absolute atomic E-state index is 9.66. The van der Waals surface area contributed by atoms with E-state index in [1.165, 1.54) is 0 Å². The number of nitrogens with zero attached hydrogens (tertiary/aromatic N) is 2. The summed E-state index contributed by atoms with van der Waals surface area (Å²) in [6.45, 7) is 1.97. The molecule has 16 heavy (non-hydrogen) atoms. The van der Waals surface area contributed by atoms with Crippen LogP contribution in [0.2, 0.25) is 0 Å². The molecule has 5 heteroatoms. The zero-order valence-electron chi connectivity index (χ0n) is 9.17. The monoisotopic (exact) mass is 239 g/mol. The Morgan fingerprint density at radius 2 is 2.50 bits per heavy atom. The summed E-state index contributed by atoms with van der Waals surface area (Å²) in [6, 6.07) is 1.84. The summed E-state index contributed by atoms with van der Waals surface area (Å²) >= 11 is 1.71. The lowest BCUT2D eigenvalue weighted by molar-refractivity contribution is 0.147. The van der Waals surface area contributed by atoms with Gasteiger partial charge >= 0.3 is 0 Å². The predicted octanol–water partition coefficient (Wildman–Crippen LogP) is 0.200. The molecular weight excluding hydrogens is 222 g/mol. The number of rotatable bonds is 8. The summed E-state index contributed by atoms with van der Waals surface area (Å²) < 4.78 is 1.72. The smallest absolute Gasteiger partial charge is 0.0860 e. The van der Waals surface area contributed by atoms with Crippen LogP contribution in [-0.2, 0) is 6.54 Å². The number of aliphatic hydroxyl groups is 1. The number of hydrogen-bond acceptors (Lipinski definition) is 4. The number of thioether (sulfide) groups is 1. The van der Waals surface area contributed by atoms with Gasteiger partial charge in [0.2, 0.25) is 0 Å². The molecule has 4 nitrogen and oxygen atoms in total. The summed E-state index contributed by atoms with van der Waals surface area (Å²) in [5.74, 6) is 4.29. The fraction of sp³-hybridized carbons (Fsp3) is 0.545. The molecular formula is C11H17N3OS. The van der Waals surface area contributed by atoms with Gasteiger partial charge in [0.05, 0.1) is 18.4 Å². The van der Waals surface area contributed by atoms with Crippen LogP contribution in [0.15, 0.2) is 18.5 Å². The second kappa shape index (κ2) is 8.22. The highest BCUT2D eigenvalue weighted by molar-refractivity contribution is 7.99. The van der Waals surface area contributed by atoms with E-state index in [-0.39, 0.29) is 0 Å². The Balaban J connectivity index is 1.98. The molecule has 1 heterocycles. The van der Waals surface area contributed by atoms with Crippen LogP contribution in [0.25, 0.3) is 0 Å². The quantitative estimate of drug-likeness (QED) is 0.503. The van der Waals surface area contributed by atoms with Gasteiger partial charge in [-0.25, -0.2) is 0 Å². The Labute approximate surface area is 100 Å². The minimum Gasteiger partial charge on any atom is -0.390 e. The third-order valence-corrected chi connectivity index (χ3v) is 2.81. The maximum Gasteiger partial charge on any atom is 0.0860 e. The molecule has 0 spiro atoms. The van der Waals surface area contributed by atoms with Crippen molar-refractivity contribution in [2.75, 3.05) is 24.6 Å². The molecule has 2 N–H and O–H groups in total. The van der Waals surface area contributed by atoms with Crippen molar-refractivity contribution in [3.05, 3.63) is 18.5 Å². The molecule has 0 bridgehead atoms. The predicted molar refractivity (Wildman–Crippen MR) is 67.3 cm³/mol. The van der Waals surface area contributed by atoms with Gasteiger partial charge in [-0.2, -0.15) is 5.10 Å². The zero-order valence-corrected chi connectivity index (χ0v) is 9.99. The second-order valence-corrected chi connectivity index (χ2v) is 4.45. The molecule has 0 radical (unpaired) electrons. The molecule has 0 fully saturated rings. The number of terminal acetylenes is 1. The zero-order chi connectivity index (χ0) is 11.6. The molecule has 0 aliphatic heterocycles. The van der Waals surface area contributed by atoms with Gasteiger partial charge in [0, 0.05) is 31.2 Å². The highest BCUT2D eigenvalue weighted by Gasteiger charge is 2.03. The lowest BCUT2D eigenvalue weighted by Crippen LogP contribution is -2.31. The number of aromatic nitrogens is 2. The van der Waals surface area contributed by atoms with Crippen LogP contribution in [0.3, 0.4) is 0 Å². The van der Waals surface area contributed by atoms with Crippen LogP contribution in [-0.4, -0.2) is 45.6 Å². The molecule has 1 aromatic rings. The van der Waals surface area contributed by atoms with E-state index >= 15 is 0 Å². The first-order valence-electron chi connectivity index (χ1n) is 5.20. The summed E-state index contributed by atoms with van der Waals surface area (Å²) in [4.78, 5) is 0. The van der Waals surface area contributed by atoms with Crippen LogP contribution in [0.4, 0.5) is 0 Å². The van der Waals surface area contributed by atoms with Crippen LogP contribution in [0.5, 0.6) is 0 Å². The second-order valence-electron chi connectivity index (χ2n) is 3.34. The van der Waals surface area contributed by atoms with Crippen molar-refractivity contribution < 1.29 is 5.11 Å². The minimum absolute atomic E-state index is 0.405. The van der Waals surface area contributed by atoms with Crippen LogP contribution in [0, 0.1) is 12.3 Å². The van der Waals surface area contributed by atoms with Gasteiger partial charge in [-0.05, 0) is 6.07 Å². The Bertz CT molecular complexity index is 308. The molecule has 1 atom stereocenters. The van der Waals surface area contributed by atoms with E-state index in [0.29, 0.717) is 13.1 Å². The first-order chi connectivity index (χ1) is 7.83. The Morgan fingerprint density at radius 1 is 1.62 bits per heavy atom. The number of aliphatic hydroxyl groups excluding tert-OH is 1. The molecule has 88 valence electrons. The summed E-state index contributed by atoms with van der Waals surface area (Å²) in [5.41, 5.74) is 0. The molecule has 1 aromatic heterocycles. The summed E-state index contributed by atoms with van der Waals surface area (Å²) in [7, 11) is 0. The number of nitrogens with one attached hydrogen (secondary N) is 1. The van der Waals surface area contributed by atoms with E-state index < -0.39 is 6.10 Å². The third-order valence-electron chi connectivity index (χ3n) is 1.95. The van der Waals surface area contributed by atoms with Gasteiger partial charge in [0.1, 0.15) is 0 Å². The average Bonchev–Trinajstić information content (AvgIpc) is 2.76. The highest BCUT2D eigenvalue weighted by atomic mass is 32.2. The molecule has 0 saturated heterocycles. The molecule has 0 aromatic carbocycles.